The highest BCUT2D eigenvalue weighted by Gasteiger charge is 2.67. The van der Waals surface area contributed by atoms with Gasteiger partial charge in [0.2, 0.25) is 11.8 Å². The fraction of sp³-hybridized carbons (Fsp3) is 0.520. The summed E-state index contributed by atoms with van der Waals surface area (Å²) in [5, 5.41) is 6.72. The highest BCUT2D eigenvalue weighted by atomic mass is 16.5. The van der Waals surface area contributed by atoms with Crippen LogP contribution in [-0.2, 0) is 10.2 Å². The number of pyridine rings is 1. The molecule has 33 heavy (non-hydrogen) atoms. The maximum Gasteiger partial charge on any atom is 0.237 e. The molecule has 2 aliphatic heterocycles. The van der Waals surface area contributed by atoms with E-state index in [0.29, 0.717) is 29.7 Å². The number of amides is 1. The summed E-state index contributed by atoms with van der Waals surface area (Å²) in [6.45, 7) is 2.03. The maximum atomic E-state index is 13.0. The number of ether oxygens (including phenoxy) is 2. The molecular formula is C25H31N5O3. The Kier molecular flexibility index (Phi) is 4.78. The number of aromatic nitrogens is 1. The Morgan fingerprint density at radius 2 is 2.03 bits per heavy atom. The van der Waals surface area contributed by atoms with Gasteiger partial charge in [0, 0.05) is 23.8 Å². The Morgan fingerprint density at radius 3 is 2.85 bits per heavy atom. The van der Waals surface area contributed by atoms with Gasteiger partial charge in [-0.25, -0.2) is 10.4 Å². The number of hydrogen-bond acceptors (Lipinski definition) is 7. The summed E-state index contributed by atoms with van der Waals surface area (Å²) >= 11 is 0. The van der Waals surface area contributed by atoms with Crippen molar-refractivity contribution in [2.24, 2.45) is 17.8 Å². The van der Waals surface area contributed by atoms with Gasteiger partial charge in [-0.3, -0.25) is 10.2 Å². The monoisotopic (exact) mass is 449 g/mol. The van der Waals surface area contributed by atoms with Crippen molar-refractivity contribution in [3.63, 3.8) is 0 Å². The number of nitrogens with one attached hydrogen (secondary N) is 4. The molecule has 2 saturated carbocycles. The molecule has 4 aliphatic rings. The lowest BCUT2D eigenvalue weighted by Crippen LogP contribution is -2.39. The molecule has 3 heterocycles. The Balaban J connectivity index is 1.16. The Bertz CT molecular complexity index is 1110. The molecule has 4 N–H and O–H groups in total. The van der Waals surface area contributed by atoms with Crippen molar-refractivity contribution in [1.82, 2.24) is 15.8 Å². The van der Waals surface area contributed by atoms with Crippen LogP contribution in [0.2, 0.25) is 0 Å². The zero-order valence-electron chi connectivity index (χ0n) is 19.3. The van der Waals surface area contributed by atoms with Gasteiger partial charge in [0.15, 0.2) is 0 Å². The molecule has 1 aromatic heterocycles. The van der Waals surface area contributed by atoms with Gasteiger partial charge in [0.05, 0.1) is 31.5 Å². The molecule has 1 amide bonds. The molecule has 174 valence electrons. The van der Waals surface area contributed by atoms with Gasteiger partial charge in [-0.15, -0.1) is 0 Å². The number of carbonyl (C=O) groups excluding carboxylic acids is 1. The number of methoxy groups -OCH3 is 2. The lowest BCUT2D eigenvalue weighted by atomic mass is 9.74. The normalized spacial score (nSPS) is 33.9. The van der Waals surface area contributed by atoms with Crippen molar-refractivity contribution in [3.05, 3.63) is 41.6 Å². The summed E-state index contributed by atoms with van der Waals surface area (Å²) in [5.41, 5.74) is 10.7. The second-order valence-electron chi connectivity index (χ2n) is 9.97. The zero-order chi connectivity index (χ0) is 22.7. The van der Waals surface area contributed by atoms with E-state index < -0.39 is 0 Å². The van der Waals surface area contributed by atoms with Crippen LogP contribution < -0.4 is 31.0 Å². The summed E-state index contributed by atoms with van der Waals surface area (Å²) < 4.78 is 10.9. The average molecular weight is 450 g/mol. The van der Waals surface area contributed by atoms with Gasteiger partial charge in [0.1, 0.15) is 5.75 Å². The van der Waals surface area contributed by atoms with Crippen LogP contribution in [0.3, 0.4) is 0 Å². The largest absolute Gasteiger partial charge is 0.497 e. The van der Waals surface area contributed by atoms with Crippen LogP contribution >= 0.6 is 0 Å². The minimum Gasteiger partial charge on any atom is -0.497 e. The lowest BCUT2D eigenvalue weighted by Gasteiger charge is -2.34. The Labute approximate surface area is 193 Å². The van der Waals surface area contributed by atoms with E-state index in [9.17, 15) is 4.79 Å². The van der Waals surface area contributed by atoms with Crippen molar-refractivity contribution >= 4 is 17.3 Å². The first kappa shape index (κ1) is 20.7. The highest BCUT2D eigenvalue weighted by Crippen LogP contribution is 2.65. The van der Waals surface area contributed by atoms with Crippen molar-refractivity contribution < 1.29 is 14.3 Å². The molecule has 2 aromatic rings. The third-order valence-electron chi connectivity index (χ3n) is 8.23. The van der Waals surface area contributed by atoms with E-state index >= 15 is 0 Å². The predicted molar refractivity (Wildman–Crippen MR) is 125 cm³/mol. The molecule has 3 fully saturated rings. The highest BCUT2D eigenvalue weighted by molar-refractivity contribution is 6.09. The number of hydrazine groups is 1. The molecule has 8 nitrogen and oxygen atoms in total. The third-order valence-corrected chi connectivity index (χ3v) is 8.23. The predicted octanol–water partition coefficient (Wildman–Crippen LogP) is 2.95. The first-order valence-corrected chi connectivity index (χ1v) is 11.8. The summed E-state index contributed by atoms with van der Waals surface area (Å²) in [6, 6.07) is 8.39. The zero-order valence-corrected chi connectivity index (χ0v) is 19.3. The quantitative estimate of drug-likeness (QED) is 0.557. The molecule has 2 aliphatic carbocycles. The first-order valence-electron chi connectivity index (χ1n) is 11.8. The Morgan fingerprint density at radius 1 is 1.15 bits per heavy atom. The van der Waals surface area contributed by atoms with Crippen molar-refractivity contribution in [3.8, 4) is 11.6 Å². The third kappa shape index (κ3) is 3.19. The van der Waals surface area contributed by atoms with Crippen LogP contribution in [0.4, 0.5) is 11.4 Å². The first-order chi connectivity index (χ1) is 16.0. The van der Waals surface area contributed by atoms with Crippen LogP contribution in [0, 0.1) is 24.7 Å². The fourth-order valence-corrected chi connectivity index (χ4v) is 6.51. The SMILES string of the molecule is COc1ccc2c(c1)[C@]1(C[C@H]1C1CCC3C(C1)NNC3Nc1cc(C)cnc1OC)C(=O)N2. The number of benzene rings is 1. The number of rotatable bonds is 5. The van der Waals surface area contributed by atoms with E-state index in [0.717, 1.165) is 53.9 Å². The summed E-state index contributed by atoms with van der Waals surface area (Å²) in [5.74, 6) is 2.97. The van der Waals surface area contributed by atoms with Crippen LogP contribution in [-0.4, -0.2) is 37.3 Å². The fourth-order valence-electron chi connectivity index (χ4n) is 6.51. The molecule has 1 aromatic carbocycles. The second kappa shape index (κ2) is 7.60. The number of carbonyl (C=O) groups is 1. The Hall–Kier alpha value is -2.84. The number of aryl methyl sites for hydroxylation is 1. The molecule has 0 radical (unpaired) electrons. The van der Waals surface area contributed by atoms with Gasteiger partial charge in [-0.2, -0.15) is 0 Å². The topological polar surface area (TPSA) is 96.5 Å². The summed E-state index contributed by atoms with van der Waals surface area (Å²) in [4.78, 5) is 17.4. The van der Waals surface area contributed by atoms with Crippen LogP contribution in [0.5, 0.6) is 11.6 Å². The van der Waals surface area contributed by atoms with E-state index in [1.54, 1.807) is 14.2 Å². The van der Waals surface area contributed by atoms with Gasteiger partial charge < -0.3 is 20.1 Å². The smallest absolute Gasteiger partial charge is 0.237 e. The number of hydrogen-bond donors (Lipinski definition) is 4. The molecule has 6 rings (SSSR count). The minimum atomic E-state index is -0.369. The summed E-state index contributed by atoms with van der Waals surface area (Å²) in [6.07, 6.45) is 6.16. The lowest BCUT2D eigenvalue weighted by molar-refractivity contribution is -0.118. The maximum absolute atomic E-state index is 13.0. The van der Waals surface area contributed by atoms with E-state index in [1.807, 2.05) is 25.3 Å². The number of nitrogens with zero attached hydrogens (tertiary/aromatic N) is 1. The average Bonchev–Trinajstić information content (AvgIpc) is 3.38. The summed E-state index contributed by atoms with van der Waals surface area (Å²) in [7, 11) is 3.32. The van der Waals surface area contributed by atoms with E-state index in [1.165, 1.54) is 0 Å². The van der Waals surface area contributed by atoms with Gasteiger partial charge in [0.25, 0.3) is 0 Å². The van der Waals surface area contributed by atoms with Crippen LogP contribution in [0.1, 0.15) is 36.8 Å². The van der Waals surface area contributed by atoms with Crippen molar-refractivity contribution in [2.45, 2.75) is 50.2 Å². The van der Waals surface area contributed by atoms with E-state index in [2.05, 4.69) is 38.6 Å². The van der Waals surface area contributed by atoms with E-state index in [-0.39, 0.29) is 17.5 Å². The molecule has 4 unspecified atom stereocenters. The number of anilines is 2. The molecule has 6 atom stereocenters. The van der Waals surface area contributed by atoms with Gasteiger partial charge in [-0.05, 0) is 79.8 Å². The standard InChI is InChI=1S/C25H31N5O3/c1-13-8-21(23(33-3)26-12-13)27-22-16-6-4-14(9-20(16)29-30-22)18-11-25(18)17-10-15(32-2)5-7-19(17)28-24(25)31/h5,7-8,10,12,14,16,18,20,22,27,29-30H,4,6,9,11H2,1-3H3,(H,28,31)/t14?,16?,18-,20?,22?,25-/m0/s1. The van der Waals surface area contributed by atoms with Crippen molar-refractivity contribution in [1.29, 1.82) is 0 Å². The van der Waals surface area contributed by atoms with E-state index in [4.69, 9.17) is 9.47 Å². The van der Waals surface area contributed by atoms with Crippen LogP contribution in [0.15, 0.2) is 30.5 Å². The van der Waals surface area contributed by atoms with Gasteiger partial charge >= 0.3 is 0 Å². The molecule has 0 bridgehead atoms. The molecule has 8 heteroatoms. The molecule has 1 spiro atoms. The van der Waals surface area contributed by atoms with Crippen molar-refractivity contribution in [2.75, 3.05) is 24.9 Å². The number of fused-ring (bicyclic) bond motifs is 3. The molecule has 1 saturated heterocycles. The molecular weight excluding hydrogens is 418 g/mol. The second-order valence-corrected chi connectivity index (χ2v) is 9.97. The minimum absolute atomic E-state index is 0.112. The van der Waals surface area contributed by atoms with Crippen LogP contribution in [0.25, 0.3) is 0 Å². The van der Waals surface area contributed by atoms with Gasteiger partial charge in [-0.1, -0.05) is 0 Å².